The standard InChI is InChI=1S/C21H18FN3O5.C21H20FN3O5.C21H19FN2O5/c1-11(26)24-25-20(28)16-9-17(21(29)30-2)19(27)18-15(16)8-13(10-23-18)7-12-3-5-14(22)6-4-12;1-29-8-7-16(26)24-20-15-10-13(9-12-3-5-14(22)6-4-12)11-23-17(15)19(27)18(25-20)21(28)30-2;1-28-11-18(25)24-17-9-16(21(27)29-2)20(26)19-15(17)8-13(10-23-19)7-12-3-5-14(22)6-4-12/h3-6,8-10,27H,7H2,1-2H3,(H,24,26)(H,25,28);3-6,10-11,27H,7-9H2,1-2H3,(H,24,25,26);3-6,8-10,26H,7,11H2,1-2H3,(H,24,25). The second-order valence-electron chi connectivity index (χ2n) is 19.3. The molecule has 0 saturated heterocycles. The molecular formula is C63H57F3N8O15. The van der Waals surface area contributed by atoms with E-state index in [-0.39, 0.29) is 105 Å². The normalized spacial score (nSPS) is 10.7. The minimum Gasteiger partial charge on any atom is -0.505 e. The van der Waals surface area contributed by atoms with E-state index in [2.05, 4.69) is 50.9 Å². The number of hydrazine groups is 1. The van der Waals surface area contributed by atoms with E-state index in [0.29, 0.717) is 35.6 Å². The van der Waals surface area contributed by atoms with Crippen LogP contribution in [0.4, 0.5) is 24.7 Å². The molecule has 5 aromatic carbocycles. The molecular weight excluding hydrogens is 1170 g/mol. The number of phenols is 2. The van der Waals surface area contributed by atoms with E-state index in [1.165, 1.54) is 89.2 Å². The first-order chi connectivity index (χ1) is 42.6. The van der Waals surface area contributed by atoms with E-state index in [1.807, 2.05) is 0 Å². The van der Waals surface area contributed by atoms with Crippen molar-refractivity contribution in [2.45, 2.75) is 32.6 Å². The zero-order valence-electron chi connectivity index (χ0n) is 48.5. The molecule has 89 heavy (non-hydrogen) atoms. The Morgan fingerprint density at radius 1 is 0.472 bits per heavy atom. The highest BCUT2D eigenvalue weighted by atomic mass is 19.1. The molecule has 0 fully saturated rings. The first-order valence-corrected chi connectivity index (χ1v) is 26.6. The van der Waals surface area contributed by atoms with Crippen molar-refractivity contribution in [3.05, 3.63) is 195 Å². The van der Waals surface area contributed by atoms with Crippen molar-refractivity contribution in [3.63, 3.8) is 0 Å². The van der Waals surface area contributed by atoms with Gasteiger partial charge in [-0.2, -0.15) is 0 Å². The lowest BCUT2D eigenvalue weighted by molar-refractivity contribution is -0.120. The molecule has 0 aliphatic rings. The van der Waals surface area contributed by atoms with Crippen LogP contribution in [0.25, 0.3) is 32.7 Å². The fourth-order valence-electron chi connectivity index (χ4n) is 8.73. The summed E-state index contributed by atoms with van der Waals surface area (Å²) in [4.78, 5) is 101. The summed E-state index contributed by atoms with van der Waals surface area (Å²) in [7, 11) is 6.35. The number of hydrogen-bond acceptors (Lipinski definition) is 19. The number of hydrogen-bond donors (Lipinski definition) is 7. The number of halogens is 3. The molecule has 0 aliphatic heterocycles. The lowest BCUT2D eigenvalue weighted by Gasteiger charge is -2.13. The van der Waals surface area contributed by atoms with E-state index in [9.17, 15) is 62.1 Å². The monoisotopic (exact) mass is 1220 g/mol. The number of aromatic hydroxyl groups is 3. The third-order valence-corrected chi connectivity index (χ3v) is 13.0. The third-order valence-electron chi connectivity index (χ3n) is 13.0. The minimum atomic E-state index is -0.862. The number of methoxy groups -OCH3 is 5. The molecule has 9 aromatic rings. The van der Waals surface area contributed by atoms with Gasteiger partial charge in [0.2, 0.25) is 17.7 Å². The molecule has 0 saturated carbocycles. The lowest BCUT2D eigenvalue weighted by Crippen LogP contribution is -2.40. The van der Waals surface area contributed by atoms with Gasteiger partial charge in [0.15, 0.2) is 22.9 Å². The van der Waals surface area contributed by atoms with Gasteiger partial charge >= 0.3 is 17.9 Å². The molecule has 7 N–H and O–H groups in total. The van der Waals surface area contributed by atoms with Gasteiger partial charge in [0.05, 0.1) is 45.6 Å². The maximum Gasteiger partial charge on any atom is 0.360 e. The van der Waals surface area contributed by atoms with E-state index >= 15 is 0 Å². The van der Waals surface area contributed by atoms with E-state index in [4.69, 9.17) is 14.2 Å². The molecule has 26 heteroatoms. The second-order valence-corrected chi connectivity index (χ2v) is 19.3. The molecule has 9 rings (SSSR count). The number of fused-ring (bicyclic) bond motifs is 3. The highest BCUT2D eigenvalue weighted by molar-refractivity contribution is 6.12. The van der Waals surface area contributed by atoms with Crippen LogP contribution in [0.1, 0.15) is 88.3 Å². The van der Waals surface area contributed by atoms with Crippen LogP contribution in [0, 0.1) is 17.5 Å². The Bertz CT molecular complexity index is 4140. The summed E-state index contributed by atoms with van der Waals surface area (Å²) in [6, 6.07) is 25.6. The molecule has 4 amide bonds. The van der Waals surface area contributed by atoms with Crippen molar-refractivity contribution in [2.75, 3.05) is 59.4 Å². The Hall–Kier alpha value is -11.1. The SMILES string of the molecule is COC(=O)c1cc(C(=O)NNC(C)=O)c2cc(Cc3ccc(F)cc3)cnc2c1O.COCC(=O)Nc1cc(C(=O)OC)c(O)c2ncc(Cc3ccc(F)cc3)cc12.COCCC(=O)Nc1nc(C(=O)OC)c(O)c2ncc(Cc3ccc(F)cc3)cc12. The number of anilines is 2. The third kappa shape index (κ3) is 16.9. The number of phenolic OH excluding ortho intramolecular Hbond substituents is 2. The number of rotatable bonds is 17. The zero-order chi connectivity index (χ0) is 64.5. The van der Waals surface area contributed by atoms with Crippen molar-refractivity contribution in [1.82, 2.24) is 30.8 Å². The van der Waals surface area contributed by atoms with Crippen molar-refractivity contribution in [3.8, 4) is 17.2 Å². The Kier molecular flexibility index (Phi) is 22.3. The number of nitrogens with zero attached hydrogens (tertiary/aromatic N) is 4. The fraction of sp³-hybridized carbons (Fsp3) is 0.190. The molecule has 0 atom stereocenters. The number of ether oxygens (including phenoxy) is 5. The first kappa shape index (κ1) is 65.4. The van der Waals surface area contributed by atoms with E-state index < -0.39 is 47.1 Å². The number of nitrogens with one attached hydrogen (secondary N) is 4. The molecule has 460 valence electrons. The van der Waals surface area contributed by atoms with Crippen molar-refractivity contribution in [1.29, 1.82) is 0 Å². The van der Waals surface area contributed by atoms with Crippen molar-refractivity contribution < 1.29 is 85.7 Å². The molecule has 0 radical (unpaired) electrons. The molecule has 4 aromatic heterocycles. The summed E-state index contributed by atoms with van der Waals surface area (Å²) in [6.07, 6.45) is 5.96. The predicted octanol–water partition coefficient (Wildman–Crippen LogP) is 8.11. The number of pyridine rings is 4. The quantitative estimate of drug-likeness (QED) is 0.0196. The fourth-order valence-corrected chi connectivity index (χ4v) is 8.73. The van der Waals surface area contributed by atoms with Gasteiger partial charge in [-0.3, -0.25) is 45.0 Å². The molecule has 4 heterocycles. The van der Waals surface area contributed by atoms with Gasteiger partial charge in [-0.15, -0.1) is 0 Å². The number of carbonyl (C=O) groups is 7. The number of benzene rings is 5. The van der Waals surface area contributed by atoms with Gasteiger partial charge in [-0.1, -0.05) is 36.4 Å². The Morgan fingerprint density at radius 2 is 0.910 bits per heavy atom. The molecule has 0 spiro atoms. The number of esters is 3. The van der Waals surface area contributed by atoms with Crippen LogP contribution in [0.15, 0.2) is 122 Å². The van der Waals surface area contributed by atoms with Gasteiger partial charge in [-0.25, -0.2) is 32.5 Å². The van der Waals surface area contributed by atoms with Crippen LogP contribution in [0.5, 0.6) is 17.2 Å². The van der Waals surface area contributed by atoms with Gasteiger partial charge in [-0.05, 0) is 119 Å². The van der Waals surface area contributed by atoms with Crippen LogP contribution in [0.2, 0.25) is 0 Å². The Labute approximate surface area is 504 Å². The smallest absolute Gasteiger partial charge is 0.360 e. The van der Waals surface area contributed by atoms with Crippen molar-refractivity contribution in [2.24, 2.45) is 0 Å². The van der Waals surface area contributed by atoms with E-state index in [1.54, 1.807) is 60.8 Å². The highest BCUT2D eigenvalue weighted by Gasteiger charge is 2.25. The molecule has 0 unspecified atom stereocenters. The van der Waals surface area contributed by atoms with Crippen LogP contribution in [0.3, 0.4) is 0 Å². The highest BCUT2D eigenvalue weighted by Crippen LogP contribution is 2.36. The van der Waals surface area contributed by atoms with Crippen molar-refractivity contribution >= 4 is 85.8 Å². The topological polar surface area (TPSA) is 326 Å². The van der Waals surface area contributed by atoms with Gasteiger partial charge in [0.25, 0.3) is 5.91 Å². The van der Waals surface area contributed by atoms with E-state index in [0.717, 1.165) is 42.0 Å². The number of carbonyl (C=O) groups excluding carboxylic acids is 7. The van der Waals surface area contributed by atoms with Crippen LogP contribution >= 0.6 is 0 Å². The largest absolute Gasteiger partial charge is 0.505 e. The summed E-state index contributed by atoms with van der Waals surface area (Å²) in [5, 5.41) is 37.8. The number of aromatic nitrogens is 4. The maximum absolute atomic E-state index is 13.1. The van der Waals surface area contributed by atoms with Gasteiger partial charge < -0.3 is 49.6 Å². The summed E-state index contributed by atoms with van der Waals surface area (Å²) in [6.45, 7) is 1.25. The Balaban J connectivity index is 0.000000190. The van der Waals surface area contributed by atoms with Crippen LogP contribution in [-0.4, -0.2) is 126 Å². The summed E-state index contributed by atoms with van der Waals surface area (Å²) >= 11 is 0. The lowest BCUT2D eigenvalue weighted by atomic mass is 9.99. The summed E-state index contributed by atoms with van der Waals surface area (Å²) in [5.74, 6) is -6.64. The zero-order valence-corrected chi connectivity index (χ0v) is 48.5. The van der Waals surface area contributed by atoms with Crippen LogP contribution in [-0.2, 0) is 57.3 Å². The molecule has 0 bridgehead atoms. The summed E-state index contributed by atoms with van der Waals surface area (Å²) in [5.41, 5.74) is 8.98. The molecule has 0 aliphatic carbocycles. The number of amides is 4. The predicted molar refractivity (Wildman–Crippen MR) is 317 cm³/mol. The Morgan fingerprint density at radius 3 is 1.36 bits per heavy atom. The average molecular weight is 1220 g/mol. The summed E-state index contributed by atoms with van der Waals surface area (Å²) < 4.78 is 63.1. The van der Waals surface area contributed by atoms with Gasteiger partial charge in [0.1, 0.15) is 57.6 Å². The van der Waals surface area contributed by atoms with Gasteiger partial charge in [0, 0.05) is 55.9 Å². The second kappa shape index (κ2) is 30.3. The maximum atomic E-state index is 13.1. The first-order valence-electron chi connectivity index (χ1n) is 26.6. The minimum absolute atomic E-state index is 0.00501. The molecule has 23 nitrogen and oxygen atoms in total. The van der Waals surface area contributed by atoms with Crippen LogP contribution < -0.4 is 21.5 Å². The average Bonchev–Trinajstić information content (AvgIpc) is 2.20.